The quantitative estimate of drug-likeness (QED) is 0.664. The summed E-state index contributed by atoms with van der Waals surface area (Å²) in [6.45, 7) is 3.09. The molecule has 1 atom stereocenters. The van der Waals surface area contributed by atoms with Gasteiger partial charge in [-0.25, -0.2) is 4.39 Å². The lowest BCUT2D eigenvalue weighted by atomic mass is 9.96. The molecule has 0 aromatic heterocycles. The number of nitriles is 1. The van der Waals surface area contributed by atoms with E-state index in [-0.39, 0.29) is 11.7 Å². The van der Waals surface area contributed by atoms with Crippen LogP contribution in [0.1, 0.15) is 31.2 Å². The van der Waals surface area contributed by atoms with Gasteiger partial charge in [-0.1, -0.05) is 12.1 Å². The van der Waals surface area contributed by atoms with Crippen molar-refractivity contribution in [3.8, 4) is 17.6 Å². The van der Waals surface area contributed by atoms with E-state index in [1.54, 1.807) is 12.1 Å². The summed E-state index contributed by atoms with van der Waals surface area (Å²) in [7, 11) is 0. The summed E-state index contributed by atoms with van der Waals surface area (Å²) in [6, 6.07) is 15.9. The Morgan fingerprint density at radius 3 is 2.39 bits per heavy atom. The van der Waals surface area contributed by atoms with E-state index in [9.17, 15) is 9.65 Å². The molecule has 0 aliphatic heterocycles. The van der Waals surface area contributed by atoms with Crippen molar-refractivity contribution in [3.63, 3.8) is 0 Å². The predicted molar refractivity (Wildman–Crippen MR) is 87.1 cm³/mol. The molecule has 0 N–H and O–H groups in total. The Hall–Kier alpha value is -2.54. The van der Waals surface area contributed by atoms with Crippen LogP contribution in [-0.2, 0) is 0 Å². The van der Waals surface area contributed by atoms with Gasteiger partial charge in [-0.3, -0.25) is 0 Å². The van der Waals surface area contributed by atoms with Gasteiger partial charge in [-0.15, -0.1) is 0 Å². The maximum atomic E-state index is 13.2. The van der Waals surface area contributed by atoms with E-state index in [0.29, 0.717) is 25.2 Å². The Labute approximate surface area is 136 Å². The van der Waals surface area contributed by atoms with Crippen LogP contribution in [0.3, 0.4) is 0 Å². The standard InChI is InChI=1S/C19H20FNO2/c1-2-22-18-8-10-19(11-9-18)23-12-4-6-16(14-21)15-5-3-7-17(20)13-15/h3,5,7-11,13,16H,2,4,6,12H2,1H3. The molecule has 2 rings (SSSR count). The van der Waals surface area contributed by atoms with Crippen molar-refractivity contribution in [2.75, 3.05) is 13.2 Å². The van der Waals surface area contributed by atoms with Crippen LogP contribution in [0, 0.1) is 17.1 Å². The van der Waals surface area contributed by atoms with Gasteiger partial charge in [0.05, 0.1) is 25.2 Å². The second-order valence-electron chi connectivity index (χ2n) is 5.13. The smallest absolute Gasteiger partial charge is 0.123 e. The molecule has 2 aromatic carbocycles. The third-order valence-electron chi connectivity index (χ3n) is 3.45. The van der Waals surface area contributed by atoms with E-state index in [1.165, 1.54) is 12.1 Å². The lowest BCUT2D eigenvalue weighted by Crippen LogP contribution is -2.02. The highest BCUT2D eigenvalue weighted by Crippen LogP contribution is 2.22. The number of halogens is 1. The fourth-order valence-corrected chi connectivity index (χ4v) is 2.31. The molecule has 120 valence electrons. The van der Waals surface area contributed by atoms with Crippen LogP contribution in [-0.4, -0.2) is 13.2 Å². The largest absolute Gasteiger partial charge is 0.494 e. The SMILES string of the molecule is CCOc1ccc(OCCCC(C#N)c2cccc(F)c2)cc1. The van der Waals surface area contributed by atoms with Gasteiger partial charge >= 0.3 is 0 Å². The van der Waals surface area contributed by atoms with Crippen molar-refractivity contribution in [1.82, 2.24) is 0 Å². The van der Waals surface area contributed by atoms with Crippen LogP contribution in [0.5, 0.6) is 11.5 Å². The zero-order valence-electron chi connectivity index (χ0n) is 13.2. The highest BCUT2D eigenvalue weighted by atomic mass is 19.1. The number of hydrogen-bond acceptors (Lipinski definition) is 3. The van der Waals surface area contributed by atoms with Gasteiger partial charge in [-0.05, 0) is 61.7 Å². The summed E-state index contributed by atoms with van der Waals surface area (Å²) >= 11 is 0. The number of rotatable bonds is 8. The van der Waals surface area contributed by atoms with Crippen LogP contribution in [0.4, 0.5) is 4.39 Å². The molecule has 23 heavy (non-hydrogen) atoms. The lowest BCUT2D eigenvalue weighted by Gasteiger charge is -2.11. The Morgan fingerprint density at radius 2 is 1.78 bits per heavy atom. The van der Waals surface area contributed by atoms with Crippen molar-refractivity contribution in [3.05, 3.63) is 59.9 Å². The topological polar surface area (TPSA) is 42.2 Å². The first-order chi connectivity index (χ1) is 11.2. The molecule has 4 heteroatoms. The highest BCUT2D eigenvalue weighted by Gasteiger charge is 2.11. The third kappa shape index (κ3) is 5.30. The number of ether oxygens (including phenoxy) is 2. The van der Waals surface area contributed by atoms with E-state index in [1.807, 2.05) is 31.2 Å². The van der Waals surface area contributed by atoms with E-state index in [4.69, 9.17) is 9.47 Å². The minimum Gasteiger partial charge on any atom is -0.494 e. The lowest BCUT2D eigenvalue weighted by molar-refractivity contribution is 0.303. The monoisotopic (exact) mass is 313 g/mol. The van der Waals surface area contributed by atoms with Gasteiger partial charge < -0.3 is 9.47 Å². The minimum absolute atomic E-state index is 0.311. The minimum atomic E-state index is -0.312. The van der Waals surface area contributed by atoms with Gasteiger partial charge in [0.2, 0.25) is 0 Å². The van der Waals surface area contributed by atoms with Gasteiger partial charge in [0.15, 0.2) is 0 Å². The summed E-state index contributed by atoms with van der Waals surface area (Å²) in [4.78, 5) is 0. The van der Waals surface area contributed by atoms with Gasteiger partial charge in [-0.2, -0.15) is 5.26 Å². The highest BCUT2D eigenvalue weighted by molar-refractivity contribution is 5.31. The molecule has 0 aliphatic rings. The Bertz CT molecular complexity index is 649. The first kappa shape index (κ1) is 16.8. The fraction of sp³-hybridized carbons (Fsp3) is 0.316. The molecular weight excluding hydrogens is 293 g/mol. The first-order valence-corrected chi connectivity index (χ1v) is 7.73. The molecule has 0 radical (unpaired) electrons. The Morgan fingerprint density at radius 1 is 1.09 bits per heavy atom. The summed E-state index contributed by atoms with van der Waals surface area (Å²) in [5.74, 6) is 0.964. The van der Waals surface area contributed by atoms with Crippen LogP contribution in [0.15, 0.2) is 48.5 Å². The maximum absolute atomic E-state index is 13.2. The average Bonchev–Trinajstić information content (AvgIpc) is 2.57. The number of benzene rings is 2. The molecule has 0 saturated carbocycles. The van der Waals surface area contributed by atoms with Crippen LogP contribution in [0.25, 0.3) is 0 Å². The zero-order valence-corrected chi connectivity index (χ0v) is 13.2. The molecule has 0 heterocycles. The van der Waals surface area contributed by atoms with Crippen LogP contribution >= 0.6 is 0 Å². The molecule has 0 saturated heterocycles. The molecule has 0 bridgehead atoms. The molecule has 0 spiro atoms. The molecule has 3 nitrogen and oxygen atoms in total. The summed E-state index contributed by atoms with van der Waals surface area (Å²) in [6.07, 6.45) is 1.36. The normalized spacial score (nSPS) is 11.5. The van der Waals surface area contributed by atoms with Gasteiger partial charge in [0.1, 0.15) is 17.3 Å². The molecule has 1 unspecified atom stereocenters. The molecule has 0 aliphatic carbocycles. The second kappa shape index (κ2) is 8.79. The molecule has 0 fully saturated rings. The van der Waals surface area contributed by atoms with Crippen LogP contribution in [0.2, 0.25) is 0 Å². The van der Waals surface area contributed by atoms with E-state index in [2.05, 4.69) is 6.07 Å². The summed E-state index contributed by atoms with van der Waals surface area (Å²) in [5.41, 5.74) is 0.716. The van der Waals surface area contributed by atoms with E-state index < -0.39 is 0 Å². The molecule has 2 aromatic rings. The summed E-state index contributed by atoms with van der Waals surface area (Å²) in [5, 5.41) is 9.24. The van der Waals surface area contributed by atoms with Crippen molar-refractivity contribution in [2.45, 2.75) is 25.7 Å². The number of nitrogens with zero attached hydrogens (tertiary/aromatic N) is 1. The van der Waals surface area contributed by atoms with Gasteiger partial charge in [0, 0.05) is 0 Å². The van der Waals surface area contributed by atoms with Crippen molar-refractivity contribution >= 4 is 0 Å². The van der Waals surface area contributed by atoms with Crippen molar-refractivity contribution in [1.29, 1.82) is 5.26 Å². The van der Waals surface area contributed by atoms with Crippen molar-refractivity contribution < 1.29 is 13.9 Å². The summed E-state index contributed by atoms with van der Waals surface area (Å²) < 4.78 is 24.2. The molecular formula is C19H20FNO2. The zero-order chi connectivity index (χ0) is 16.5. The third-order valence-corrected chi connectivity index (χ3v) is 3.45. The average molecular weight is 313 g/mol. The first-order valence-electron chi connectivity index (χ1n) is 7.73. The van der Waals surface area contributed by atoms with E-state index in [0.717, 1.165) is 17.9 Å². The Kier molecular flexibility index (Phi) is 6.43. The fourth-order valence-electron chi connectivity index (χ4n) is 2.31. The predicted octanol–water partition coefficient (Wildman–Crippen LogP) is 4.69. The van der Waals surface area contributed by atoms with Crippen LogP contribution < -0.4 is 9.47 Å². The Balaban J connectivity index is 1.78. The second-order valence-corrected chi connectivity index (χ2v) is 5.13. The van der Waals surface area contributed by atoms with Crippen molar-refractivity contribution in [2.24, 2.45) is 0 Å². The molecule has 0 amide bonds. The maximum Gasteiger partial charge on any atom is 0.123 e. The number of hydrogen-bond donors (Lipinski definition) is 0. The van der Waals surface area contributed by atoms with E-state index >= 15 is 0 Å². The van der Waals surface area contributed by atoms with Gasteiger partial charge in [0.25, 0.3) is 0 Å².